The van der Waals surface area contributed by atoms with Gasteiger partial charge in [-0.1, -0.05) is 11.6 Å². The van der Waals surface area contributed by atoms with Crippen LogP contribution in [0.15, 0.2) is 10.7 Å². The molecule has 3 nitrogen and oxygen atoms in total. The molecule has 2 N–H and O–H groups in total. The Hall–Kier alpha value is -1.21. The Labute approximate surface area is 113 Å². The lowest BCUT2D eigenvalue weighted by Crippen LogP contribution is -2.01. The molecule has 0 unspecified atom stereocenters. The molecule has 2 aromatic rings. The Morgan fingerprint density at radius 1 is 1.28 bits per heavy atom. The van der Waals surface area contributed by atoms with Crippen LogP contribution in [0.5, 0.6) is 0 Å². The average molecular weight is 341 g/mol. The van der Waals surface area contributed by atoms with Gasteiger partial charge < -0.3 is 5.73 Å². The van der Waals surface area contributed by atoms with Crippen LogP contribution in [0, 0.1) is 17.5 Å². The highest BCUT2D eigenvalue weighted by Crippen LogP contribution is 2.40. The van der Waals surface area contributed by atoms with E-state index in [4.69, 9.17) is 17.3 Å². The van der Waals surface area contributed by atoms with Gasteiger partial charge in [0, 0.05) is 18.2 Å². The number of hydrogen-bond donors (Lipinski definition) is 1. The molecular formula is C10H6BrClF3N3. The van der Waals surface area contributed by atoms with E-state index < -0.39 is 32.5 Å². The maximum absolute atomic E-state index is 13.8. The predicted octanol–water partition coefficient (Wildman–Crippen LogP) is 3.50. The van der Waals surface area contributed by atoms with Crippen molar-refractivity contribution in [2.45, 2.75) is 0 Å². The van der Waals surface area contributed by atoms with Gasteiger partial charge >= 0.3 is 0 Å². The maximum atomic E-state index is 13.8. The fourth-order valence-corrected chi connectivity index (χ4v) is 2.25. The largest absolute Gasteiger partial charge is 0.383 e. The molecule has 0 radical (unpaired) electrons. The molecule has 2 rings (SSSR count). The molecule has 0 fully saturated rings. The van der Waals surface area contributed by atoms with Gasteiger partial charge in [-0.05, 0) is 15.9 Å². The lowest BCUT2D eigenvalue weighted by molar-refractivity contribution is 0.491. The Morgan fingerprint density at radius 3 is 2.39 bits per heavy atom. The third-order valence-electron chi connectivity index (χ3n) is 2.46. The summed E-state index contributed by atoms with van der Waals surface area (Å²) in [5.41, 5.74) is 5.22. The molecule has 0 aliphatic rings. The molecule has 1 aromatic heterocycles. The van der Waals surface area contributed by atoms with E-state index in [1.54, 1.807) is 0 Å². The lowest BCUT2D eigenvalue weighted by atomic mass is 10.1. The number of nitrogens with zero attached hydrogens (tertiary/aromatic N) is 2. The topological polar surface area (TPSA) is 43.8 Å². The van der Waals surface area contributed by atoms with Crippen LogP contribution in [-0.2, 0) is 7.05 Å². The SMILES string of the molecule is Cn1ncc(-c2c(F)c(F)c(Br)c(F)c2Cl)c1N. The van der Waals surface area contributed by atoms with E-state index in [0.717, 1.165) is 0 Å². The number of nitrogens with two attached hydrogens (primary N) is 1. The van der Waals surface area contributed by atoms with Crippen molar-refractivity contribution in [2.24, 2.45) is 7.05 Å². The number of halogens is 5. The Kier molecular flexibility index (Phi) is 3.29. The Balaban J connectivity index is 2.84. The molecule has 0 saturated carbocycles. The van der Waals surface area contributed by atoms with E-state index in [-0.39, 0.29) is 11.4 Å². The highest BCUT2D eigenvalue weighted by atomic mass is 79.9. The zero-order valence-corrected chi connectivity index (χ0v) is 11.3. The number of hydrogen-bond acceptors (Lipinski definition) is 2. The quantitative estimate of drug-likeness (QED) is 0.638. The van der Waals surface area contributed by atoms with Crippen molar-refractivity contribution in [3.63, 3.8) is 0 Å². The van der Waals surface area contributed by atoms with Crippen molar-refractivity contribution in [3.8, 4) is 11.1 Å². The van der Waals surface area contributed by atoms with Gasteiger partial charge in [0.1, 0.15) is 5.82 Å². The van der Waals surface area contributed by atoms with Crippen LogP contribution >= 0.6 is 27.5 Å². The van der Waals surface area contributed by atoms with Crippen LogP contribution in [0.2, 0.25) is 5.02 Å². The molecule has 8 heteroatoms. The second kappa shape index (κ2) is 4.47. The smallest absolute Gasteiger partial charge is 0.176 e. The molecule has 96 valence electrons. The van der Waals surface area contributed by atoms with E-state index in [2.05, 4.69) is 21.0 Å². The highest BCUT2D eigenvalue weighted by molar-refractivity contribution is 9.10. The van der Waals surface area contributed by atoms with Gasteiger partial charge in [0.2, 0.25) is 0 Å². The first-order valence-corrected chi connectivity index (χ1v) is 5.82. The van der Waals surface area contributed by atoms with Crippen LogP contribution in [-0.4, -0.2) is 9.78 Å². The first-order valence-electron chi connectivity index (χ1n) is 4.65. The van der Waals surface area contributed by atoms with Gasteiger partial charge in [0.15, 0.2) is 17.5 Å². The number of benzene rings is 1. The van der Waals surface area contributed by atoms with Gasteiger partial charge in [-0.2, -0.15) is 5.10 Å². The van der Waals surface area contributed by atoms with Crippen LogP contribution in [0.4, 0.5) is 19.0 Å². The van der Waals surface area contributed by atoms with E-state index in [1.165, 1.54) is 17.9 Å². The normalized spacial score (nSPS) is 11.0. The molecule has 0 bridgehead atoms. The lowest BCUT2D eigenvalue weighted by Gasteiger charge is -2.09. The van der Waals surface area contributed by atoms with Crippen LogP contribution < -0.4 is 5.73 Å². The second-order valence-corrected chi connectivity index (χ2v) is 4.68. The number of aryl methyl sites for hydroxylation is 1. The maximum Gasteiger partial charge on any atom is 0.176 e. The van der Waals surface area contributed by atoms with E-state index >= 15 is 0 Å². The predicted molar refractivity (Wildman–Crippen MR) is 65.6 cm³/mol. The molecule has 1 aromatic carbocycles. The van der Waals surface area contributed by atoms with Crippen LogP contribution in [0.3, 0.4) is 0 Å². The van der Waals surface area contributed by atoms with E-state index in [1.807, 2.05) is 0 Å². The van der Waals surface area contributed by atoms with Crippen molar-refractivity contribution in [1.82, 2.24) is 9.78 Å². The fourth-order valence-electron chi connectivity index (χ4n) is 1.48. The molecule has 1 heterocycles. The van der Waals surface area contributed by atoms with Crippen molar-refractivity contribution < 1.29 is 13.2 Å². The van der Waals surface area contributed by atoms with Gasteiger partial charge in [0.05, 0.1) is 15.7 Å². The molecule has 18 heavy (non-hydrogen) atoms. The third-order valence-corrected chi connectivity index (χ3v) is 3.51. The number of aromatic nitrogens is 2. The number of nitrogen functional groups attached to an aromatic ring is 1. The van der Waals surface area contributed by atoms with Crippen molar-refractivity contribution in [1.29, 1.82) is 0 Å². The fraction of sp³-hybridized carbons (Fsp3) is 0.100. The summed E-state index contributed by atoms with van der Waals surface area (Å²) in [5, 5.41) is 3.21. The minimum atomic E-state index is -1.37. The monoisotopic (exact) mass is 339 g/mol. The van der Waals surface area contributed by atoms with Gasteiger partial charge in [-0.3, -0.25) is 4.68 Å². The minimum Gasteiger partial charge on any atom is -0.383 e. The molecule has 0 amide bonds. The molecule has 0 spiro atoms. The Bertz CT molecular complexity index is 613. The van der Waals surface area contributed by atoms with Gasteiger partial charge in [0.25, 0.3) is 0 Å². The molecule has 0 atom stereocenters. The molecule has 0 aliphatic heterocycles. The van der Waals surface area contributed by atoms with Crippen molar-refractivity contribution in [2.75, 3.05) is 5.73 Å². The standard InChI is InChI=1S/C10H6BrClF3N3/c1-18-10(16)3(2-17-18)4-6(12)8(14)5(11)9(15)7(4)13/h2H,16H2,1H3. The third kappa shape index (κ3) is 1.78. The average Bonchev–Trinajstić information content (AvgIpc) is 2.66. The summed E-state index contributed by atoms with van der Waals surface area (Å²) in [6, 6.07) is 0. The zero-order chi connectivity index (χ0) is 13.6. The van der Waals surface area contributed by atoms with E-state index in [0.29, 0.717) is 0 Å². The first kappa shape index (κ1) is 13.2. The summed E-state index contributed by atoms with van der Waals surface area (Å²) in [6.07, 6.45) is 1.19. The van der Waals surface area contributed by atoms with Gasteiger partial charge in [-0.15, -0.1) is 0 Å². The molecule has 0 saturated heterocycles. The first-order chi connectivity index (χ1) is 8.36. The summed E-state index contributed by atoms with van der Waals surface area (Å²) in [7, 11) is 1.51. The summed E-state index contributed by atoms with van der Waals surface area (Å²) in [6.45, 7) is 0. The van der Waals surface area contributed by atoms with Gasteiger partial charge in [-0.25, -0.2) is 13.2 Å². The minimum absolute atomic E-state index is 0.0327. The highest BCUT2D eigenvalue weighted by Gasteiger charge is 2.25. The van der Waals surface area contributed by atoms with Crippen LogP contribution in [0.1, 0.15) is 0 Å². The summed E-state index contributed by atoms with van der Waals surface area (Å²) >= 11 is 8.27. The van der Waals surface area contributed by atoms with Crippen molar-refractivity contribution >= 4 is 33.3 Å². The zero-order valence-electron chi connectivity index (χ0n) is 8.94. The summed E-state index contributed by atoms with van der Waals surface area (Å²) < 4.78 is 41.5. The summed E-state index contributed by atoms with van der Waals surface area (Å²) in [4.78, 5) is 0. The number of rotatable bonds is 1. The Morgan fingerprint density at radius 2 is 1.89 bits per heavy atom. The second-order valence-electron chi connectivity index (χ2n) is 3.51. The molecular weight excluding hydrogens is 334 g/mol. The van der Waals surface area contributed by atoms with Crippen molar-refractivity contribution in [3.05, 3.63) is 33.1 Å². The van der Waals surface area contributed by atoms with Crippen LogP contribution in [0.25, 0.3) is 11.1 Å². The molecule has 0 aliphatic carbocycles. The number of anilines is 1. The summed E-state index contributed by atoms with van der Waals surface area (Å²) in [5.74, 6) is -3.69. The van der Waals surface area contributed by atoms with E-state index in [9.17, 15) is 13.2 Å².